The minimum atomic E-state index is 0.588. The number of oxime groups is 1. The Labute approximate surface area is 105 Å². The van der Waals surface area contributed by atoms with Crippen molar-refractivity contribution in [3.8, 4) is 5.75 Å². The summed E-state index contributed by atoms with van der Waals surface area (Å²) in [5.41, 5.74) is 1.00. The fraction of sp³-hybridized carbons (Fsp3) is 0.417. The molecule has 0 bridgehead atoms. The van der Waals surface area contributed by atoms with Gasteiger partial charge in [-0.15, -0.1) is 0 Å². The first-order chi connectivity index (χ1) is 7.86. The van der Waals surface area contributed by atoms with Crippen LogP contribution in [0.3, 0.4) is 0 Å². The molecule has 0 radical (unpaired) electrons. The van der Waals surface area contributed by atoms with E-state index in [-0.39, 0.29) is 0 Å². The number of nitrogens with zero attached hydrogens (tertiary/aromatic N) is 1. The molecule has 88 valence electrons. The van der Waals surface area contributed by atoms with E-state index in [4.69, 9.17) is 9.57 Å². The lowest BCUT2D eigenvalue weighted by Crippen LogP contribution is -1.97. The van der Waals surface area contributed by atoms with Gasteiger partial charge in [-0.1, -0.05) is 21.1 Å². The molecular formula is C12H16BrNO2. The van der Waals surface area contributed by atoms with Crippen LogP contribution in [0.1, 0.15) is 18.9 Å². The predicted molar refractivity (Wildman–Crippen MR) is 69.6 cm³/mol. The number of benzene rings is 1. The fourth-order valence-corrected chi connectivity index (χ4v) is 1.30. The molecule has 0 heterocycles. The summed E-state index contributed by atoms with van der Waals surface area (Å²) in [6, 6.07) is 7.76. The molecule has 3 nitrogen and oxygen atoms in total. The highest BCUT2D eigenvalue weighted by atomic mass is 79.9. The molecule has 4 heteroatoms. The van der Waals surface area contributed by atoms with Gasteiger partial charge < -0.3 is 9.57 Å². The van der Waals surface area contributed by atoms with Crippen molar-refractivity contribution in [2.75, 3.05) is 18.5 Å². The molecular weight excluding hydrogens is 270 g/mol. The van der Waals surface area contributed by atoms with Crippen molar-refractivity contribution in [2.24, 2.45) is 5.16 Å². The van der Waals surface area contributed by atoms with E-state index in [1.54, 1.807) is 6.21 Å². The summed E-state index contributed by atoms with van der Waals surface area (Å²) in [4.78, 5) is 4.88. The Kier molecular flexibility index (Phi) is 6.65. The lowest BCUT2D eigenvalue weighted by Gasteiger charge is -2.04. The second-order valence-electron chi connectivity index (χ2n) is 3.11. The Morgan fingerprint density at radius 1 is 1.31 bits per heavy atom. The lowest BCUT2D eigenvalue weighted by atomic mass is 10.2. The molecule has 1 aromatic rings. The van der Waals surface area contributed by atoms with Gasteiger partial charge in [-0.05, 0) is 43.2 Å². The maximum absolute atomic E-state index is 5.52. The second kappa shape index (κ2) is 8.16. The normalized spacial score (nSPS) is 10.6. The van der Waals surface area contributed by atoms with E-state index in [1.165, 1.54) is 0 Å². The summed E-state index contributed by atoms with van der Waals surface area (Å²) in [5.74, 6) is 0.884. The summed E-state index contributed by atoms with van der Waals surface area (Å²) >= 11 is 3.36. The zero-order valence-corrected chi connectivity index (χ0v) is 10.9. The average Bonchev–Trinajstić information content (AvgIpc) is 2.32. The summed E-state index contributed by atoms with van der Waals surface area (Å²) < 4.78 is 5.52. The number of rotatable bonds is 7. The van der Waals surface area contributed by atoms with Crippen molar-refractivity contribution in [2.45, 2.75) is 13.3 Å². The predicted octanol–water partition coefficient (Wildman–Crippen LogP) is 3.22. The van der Waals surface area contributed by atoms with Crippen LogP contribution in [0.4, 0.5) is 0 Å². The van der Waals surface area contributed by atoms with E-state index in [1.807, 2.05) is 31.2 Å². The van der Waals surface area contributed by atoms with E-state index in [2.05, 4.69) is 21.1 Å². The average molecular weight is 286 g/mol. The smallest absolute Gasteiger partial charge is 0.119 e. The van der Waals surface area contributed by atoms with Crippen LogP contribution in [-0.4, -0.2) is 24.8 Å². The van der Waals surface area contributed by atoms with Crippen LogP contribution in [0.2, 0.25) is 0 Å². The standard InChI is InChI=1S/C12H16BrNO2/c1-2-16-14-10-11-4-6-12(7-5-11)15-9-3-8-13/h4-7,10H,2-3,8-9H2,1H3. The van der Waals surface area contributed by atoms with Crippen molar-refractivity contribution in [1.29, 1.82) is 0 Å². The SMILES string of the molecule is CCON=Cc1ccc(OCCCBr)cc1. The molecule has 0 spiro atoms. The molecule has 0 atom stereocenters. The van der Waals surface area contributed by atoms with Crippen molar-refractivity contribution in [3.63, 3.8) is 0 Å². The molecule has 0 aliphatic carbocycles. The number of ether oxygens (including phenoxy) is 1. The quantitative estimate of drug-likeness (QED) is 0.333. The number of halogens is 1. The van der Waals surface area contributed by atoms with Gasteiger partial charge >= 0.3 is 0 Å². The highest BCUT2D eigenvalue weighted by Gasteiger charge is 1.93. The maximum Gasteiger partial charge on any atom is 0.119 e. The Balaban J connectivity index is 2.41. The Morgan fingerprint density at radius 3 is 2.69 bits per heavy atom. The minimum Gasteiger partial charge on any atom is -0.494 e. The van der Waals surface area contributed by atoms with E-state index in [9.17, 15) is 0 Å². The highest BCUT2D eigenvalue weighted by molar-refractivity contribution is 9.09. The highest BCUT2D eigenvalue weighted by Crippen LogP contribution is 2.11. The van der Waals surface area contributed by atoms with E-state index < -0.39 is 0 Å². The molecule has 0 unspecified atom stereocenters. The largest absolute Gasteiger partial charge is 0.494 e. The van der Waals surface area contributed by atoms with Crippen molar-refractivity contribution in [1.82, 2.24) is 0 Å². The summed E-state index contributed by atoms with van der Waals surface area (Å²) in [6.07, 6.45) is 2.69. The summed E-state index contributed by atoms with van der Waals surface area (Å²) in [6.45, 7) is 3.22. The van der Waals surface area contributed by atoms with Gasteiger partial charge in [0, 0.05) is 5.33 Å². The Hall–Kier alpha value is -1.03. The zero-order valence-electron chi connectivity index (χ0n) is 9.36. The molecule has 1 rings (SSSR count). The van der Waals surface area contributed by atoms with Crippen LogP contribution in [0.5, 0.6) is 5.75 Å². The molecule has 0 N–H and O–H groups in total. The van der Waals surface area contributed by atoms with Gasteiger partial charge in [0.2, 0.25) is 0 Å². The van der Waals surface area contributed by atoms with Gasteiger partial charge in [-0.25, -0.2) is 0 Å². The monoisotopic (exact) mass is 285 g/mol. The maximum atomic E-state index is 5.52. The molecule has 1 aromatic carbocycles. The van der Waals surface area contributed by atoms with Crippen LogP contribution >= 0.6 is 15.9 Å². The Bertz CT molecular complexity index is 311. The lowest BCUT2D eigenvalue weighted by molar-refractivity contribution is 0.160. The fourth-order valence-electron chi connectivity index (χ4n) is 1.07. The second-order valence-corrected chi connectivity index (χ2v) is 3.91. The Morgan fingerprint density at radius 2 is 2.06 bits per heavy atom. The third kappa shape index (κ3) is 5.16. The topological polar surface area (TPSA) is 30.8 Å². The summed E-state index contributed by atoms with van der Waals surface area (Å²) in [5, 5.41) is 4.76. The molecule has 0 aromatic heterocycles. The van der Waals surface area contributed by atoms with Crippen molar-refractivity contribution >= 4 is 22.1 Å². The van der Waals surface area contributed by atoms with Crippen LogP contribution < -0.4 is 4.74 Å². The van der Waals surface area contributed by atoms with E-state index >= 15 is 0 Å². The van der Waals surface area contributed by atoms with E-state index in [0.29, 0.717) is 6.61 Å². The molecule has 16 heavy (non-hydrogen) atoms. The molecule has 0 saturated heterocycles. The van der Waals surface area contributed by atoms with Crippen LogP contribution in [-0.2, 0) is 4.84 Å². The third-order valence-corrected chi connectivity index (χ3v) is 2.39. The van der Waals surface area contributed by atoms with E-state index in [0.717, 1.165) is 29.7 Å². The van der Waals surface area contributed by atoms with Crippen LogP contribution in [0, 0.1) is 0 Å². The first-order valence-corrected chi connectivity index (χ1v) is 6.43. The van der Waals surface area contributed by atoms with Gasteiger partial charge in [-0.3, -0.25) is 0 Å². The number of hydrogen-bond acceptors (Lipinski definition) is 3. The van der Waals surface area contributed by atoms with Gasteiger partial charge in [0.25, 0.3) is 0 Å². The first kappa shape index (κ1) is 13.0. The third-order valence-electron chi connectivity index (χ3n) is 1.83. The van der Waals surface area contributed by atoms with Gasteiger partial charge in [-0.2, -0.15) is 0 Å². The molecule has 0 aliphatic heterocycles. The van der Waals surface area contributed by atoms with Gasteiger partial charge in [0.05, 0.1) is 12.8 Å². The van der Waals surface area contributed by atoms with Gasteiger partial charge in [0.15, 0.2) is 0 Å². The van der Waals surface area contributed by atoms with Crippen molar-refractivity contribution < 1.29 is 9.57 Å². The van der Waals surface area contributed by atoms with Crippen LogP contribution in [0.15, 0.2) is 29.4 Å². The molecule has 0 amide bonds. The zero-order chi connectivity index (χ0) is 11.6. The van der Waals surface area contributed by atoms with Gasteiger partial charge in [0.1, 0.15) is 12.4 Å². The van der Waals surface area contributed by atoms with Crippen molar-refractivity contribution in [3.05, 3.63) is 29.8 Å². The first-order valence-electron chi connectivity index (χ1n) is 5.31. The number of alkyl halides is 1. The minimum absolute atomic E-state index is 0.588. The molecule has 0 saturated carbocycles. The summed E-state index contributed by atoms with van der Waals surface area (Å²) in [7, 11) is 0. The van der Waals surface area contributed by atoms with Crippen LogP contribution in [0.25, 0.3) is 0 Å². The molecule has 0 fully saturated rings. The number of hydrogen-bond donors (Lipinski definition) is 0. The molecule has 0 aliphatic rings.